The van der Waals surface area contributed by atoms with Crippen molar-refractivity contribution in [2.75, 3.05) is 5.32 Å². The first-order valence-electron chi connectivity index (χ1n) is 5.67. The van der Waals surface area contributed by atoms with Gasteiger partial charge in [-0.25, -0.2) is 4.98 Å². The Morgan fingerprint density at radius 2 is 2.05 bits per heavy atom. The van der Waals surface area contributed by atoms with Gasteiger partial charge in [0.2, 0.25) is 11.5 Å². The fourth-order valence-corrected chi connectivity index (χ4v) is 1.78. The lowest BCUT2D eigenvalue weighted by Crippen LogP contribution is -2.16. The predicted octanol–water partition coefficient (Wildman–Crippen LogP) is 1.50. The van der Waals surface area contributed by atoms with E-state index in [1.54, 1.807) is 0 Å². The number of rotatable bonds is 2. The van der Waals surface area contributed by atoms with Crippen LogP contribution in [0.15, 0.2) is 47.4 Å². The topological polar surface area (TPSA) is 90.6 Å². The smallest absolute Gasteiger partial charge is 0.258 e. The molecule has 0 saturated carbocycles. The van der Waals surface area contributed by atoms with Crippen molar-refractivity contribution >= 4 is 22.9 Å². The van der Waals surface area contributed by atoms with Crippen molar-refractivity contribution in [1.82, 2.24) is 15.0 Å². The summed E-state index contributed by atoms with van der Waals surface area (Å²) in [5.41, 5.74) is 1.56. The summed E-state index contributed by atoms with van der Waals surface area (Å²) in [7, 11) is 0. The molecule has 0 aliphatic heterocycles. The van der Waals surface area contributed by atoms with Crippen LogP contribution in [-0.2, 0) is 0 Å². The average Bonchev–Trinajstić information content (AvgIpc) is 2.80. The number of fused-ring (bicyclic) bond motifs is 1. The quantitative estimate of drug-likeness (QED) is 0.647. The summed E-state index contributed by atoms with van der Waals surface area (Å²) in [6.07, 6.45) is 1.43. The van der Waals surface area contributed by atoms with E-state index in [1.165, 1.54) is 18.3 Å². The van der Waals surface area contributed by atoms with Gasteiger partial charge in [0.1, 0.15) is 0 Å². The molecular formula is C13H10N4O2. The van der Waals surface area contributed by atoms with Crippen LogP contribution in [0.1, 0.15) is 10.4 Å². The number of pyridine rings is 1. The van der Waals surface area contributed by atoms with Gasteiger partial charge in [0.25, 0.3) is 5.91 Å². The molecule has 94 valence electrons. The lowest BCUT2D eigenvalue weighted by molar-refractivity contribution is 0.102. The van der Waals surface area contributed by atoms with E-state index in [1.807, 2.05) is 24.3 Å². The molecule has 6 heteroatoms. The van der Waals surface area contributed by atoms with E-state index in [-0.39, 0.29) is 17.0 Å². The Labute approximate surface area is 107 Å². The number of hydrogen-bond acceptors (Lipinski definition) is 3. The van der Waals surface area contributed by atoms with Crippen molar-refractivity contribution in [1.29, 1.82) is 0 Å². The molecule has 0 aliphatic rings. The number of imidazole rings is 1. The first kappa shape index (κ1) is 11.2. The largest absolute Gasteiger partial charge is 0.329 e. The zero-order valence-electron chi connectivity index (χ0n) is 9.81. The zero-order chi connectivity index (χ0) is 13.2. The number of benzene rings is 1. The van der Waals surface area contributed by atoms with Gasteiger partial charge in [0.05, 0.1) is 11.0 Å². The van der Waals surface area contributed by atoms with E-state index in [2.05, 4.69) is 20.3 Å². The van der Waals surface area contributed by atoms with Crippen LogP contribution in [0.2, 0.25) is 0 Å². The summed E-state index contributed by atoms with van der Waals surface area (Å²) < 4.78 is 0. The third-order valence-corrected chi connectivity index (χ3v) is 2.66. The third-order valence-electron chi connectivity index (χ3n) is 2.66. The summed E-state index contributed by atoms with van der Waals surface area (Å²) in [5.74, 6) is -0.0309. The lowest BCUT2D eigenvalue weighted by Gasteiger charge is -2.00. The first-order chi connectivity index (χ1) is 9.22. The zero-order valence-corrected chi connectivity index (χ0v) is 9.81. The Hall–Kier alpha value is -2.89. The van der Waals surface area contributed by atoms with Crippen LogP contribution in [0.5, 0.6) is 0 Å². The number of nitrogens with one attached hydrogen (secondary N) is 3. The van der Waals surface area contributed by atoms with E-state index in [0.717, 1.165) is 11.0 Å². The van der Waals surface area contributed by atoms with Crippen LogP contribution in [0.3, 0.4) is 0 Å². The lowest BCUT2D eigenvalue weighted by atomic mass is 10.2. The number of aromatic amines is 2. The fraction of sp³-hybridized carbons (Fsp3) is 0. The van der Waals surface area contributed by atoms with Crippen LogP contribution >= 0.6 is 0 Å². The Balaban J connectivity index is 1.88. The highest BCUT2D eigenvalue weighted by Gasteiger charge is 2.09. The Bertz CT molecular complexity index is 770. The molecule has 3 rings (SSSR count). The maximum Gasteiger partial charge on any atom is 0.258 e. The second kappa shape index (κ2) is 4.41. The van der Waals surface area contributed by atoms with Gasteiger partial charge in [0.15, 0.2) is 0 Å². The number of para-hydroxylation sites is 2. The number of carbonyl (C=O) groups excluding carboxylic acids is 1. The van der Waals surface area contributed by atoms with Crippen LogP contribution < -0.4 is 10.9 Å². The number of amides is 1. The maximum absolute atomic E-state index is 11.9. The van der Waals surface area contributed by atoms with Crippen molar-refractivity contribution < 1.29 is 4.79 Å². The molecule has 0 bridgehead atoms. The molecule has 19 heavy (non-hydrogen) atoms. The Kier molecular flexibility index (Phi) is 2.60. The van der Waals surface area contributed by atoms with E-state index >= 15 is 0 Å². The minimum absolute atomic E-state index is 0.282. The highest BCUT2D eigenvalue weighted by Crippen LogP contribution is 2.13. The molecule has 1 amide bonds. The van der Waals surface area contributed by atoms with E-state index < -0.39 is 0 Å². The van der Waals surface area contributed by atoms with Gasteiger partial charge in [-0.05, 0) is 18.2 Å². The standard InChI is InChI=1S/C13H10N4O2/c18-11-7-8(5-6-14-11)12(19)17-13-15-9-3-1-2-4-10(9)16-13/h1-7H,(H,14,18)(H2,15,16,17,19). The second-order valence-electron chi connectivity index (χ2n) is 4.00. The van der Waals surface area contributed by atoms with Crippen molar-refractivity contribution in [2.24, 2.45) is 0 Å². The molecule has 0 unspecified atom stereocenters. The first-order valence-corrected chi connectivity index (χ1v) is 5.67. The normalized spacial score (nSPS) is 10.5. The average molecular weight is 254 g/mol. The molecule has 6 nitrogen and oxygen atoms in total. The van der Waals surface area contributed by atoms with Gasteiger partial charge in [-0.3, -0.25) is 14.9 Å². The van der Waals surface area contributed by atoms with Crippen molar-refractivity contribution in [3.05, 3.63) is 58.5 Å². The highest BCUT2D eigenvalue weighted by molar-refractivity contribution is 6.03. The van der Waals surface area contributed by atoms with Gasteiger partial charge in [-0.1, -0.05) is 12.1 Å². The number of H-pyrrole nitrogens is 2. The molecule has 2 heterocycles. The number of nitrogens with zero attached hydrogens (tertiary/aromatic N) is 1. The monoisotopic (exact) mass is 254 g/mol. The summed E-state index contributed by atoms with van der Waals surface area (Å²) in [6.45, 7) is 0. The van der Waals surface area contributed by atoms with Crippen LogP contribution in [0.4, 0.5) is 5.95 Å². The van der Waals surface area contributed by atoms with Crippen molar-refractivity contribution in [2.45, 2.75) is 0 Å². The Morgan fingerprint density at radius 1 is 1.21 bits per heavy atom. The molecular weight excluding hydrogens is 244 g/mol. The van der Waals surface area contributed by atoms with Crippen LogP contribution in [-0.4, -0.2) is 20.9 Å². The molecule has 1 aromatic carbocycles. The fourth-order valence-electron chi connectivity index (χ4n) is 1.78. The minimum atomic E-state index is -0.384. The summed E-state index contributed by atoms with van der Waals surface area (Å²) in [6, 6.07) is 10.2. The molecule has 0 spiro atoms. The van der Waals surface area contributed by atoms with E-state index in [4.69, 9.17) is 0 Å². The molecule has 0 atom stereocenters. The van der Waals surface area contributed by atoms with E-state index in [9.17, 15) is 9.59 Å². The van der Waals surface area contributed by atoms with Gasteiger partial charge in [-0.15, -0.1) is 0 Å². The molecule has 0 fully saturated rings. The van der Waals surface area contributed by atoms with Gasteiger partial charge >= 0.3 is 0 Å². The van der Waals surface area contributed by atoms with Gasteiger partial charge in [-0.2, -0.15) is 0 Å². The second-order valence-corrected chi connectivity index (χ2v) is 4.00. The van der Waals surface area contributed by atoms with Crippen molar-refractivity contribution in [3.63, 3.8) is 0 Å². The van der Waals surface area contributed by atoms with Crippen LogP contribution in [0.25, 0.3) is 11.0 Å². The molecule has 3 aromatic rings. The predicted molar refractivity (Wildman–Crippen MR) is 71.1 cm³/mol. The third kappa shape index (κ3) is 2.23. The van der Waals surface area contributed by atoms with Crippen molar-refractivity contribution in [3.8, 4) is 0 Å². The molecule has 0 radical (unpaired) electrons. The highest BCUT2D eigenvalue weighted by atomic mass is 16.2. The molecule has 2 aromatic heterocycles. The van der Waals surface area contributed by atoms with Gasteiger partial charge in [0, 0.05) is 17.8 Å². The van der Waals surface area contributed by atoms with Gasteiger partial charge < -0.3 is 9.97 Å². The molecule has 0 saturated heterocycles. The number of carbonyl (C=O) groups is 1. The summed E-state index contributed by atoms with van der Waals surface area (Å²) in [4.78, 5) is 32.7. The SMILES string of the molecule is O=C(Nc1nc2ccccc2[nH]1)c1cc[nH]c(=O)c1. The number of hydrogen-bond donors (Lipinski definition) is 3. The minimum Gasteiger partial charge on any atom is -0.329 e. The summed E-state index contributed by atoms with van der Waals surface area (Å²) >= 11 is 0. The molecule has 0 aliphatic carbocycles. The summed E-state index contributed by atoms with van der Waals surface area (Å²) in [5, 5.41) is 2.62. The number of aromatic nitrogens is 3. The van der Waals surface area contributed by atoms with E-state index in [0.29, 0.717) is 5.95 Å². The van der Waals surface area contributed by atoms with Crippen LogP contribution in [0, 0.1) is 0 Å². The maximum atomic E-state index is 11.9. The number of anilines is 1. The molecule has 3 N–H and O–H groups in total. The Morgan fingerprint density at radius 3 is 2.84 bits per heavy atom.